The normalized spacial score (nSPS) is 14.0. The number of hydrogen-bond acceptors (Lipinski definition) is 3. The van der Waals surface area contributed by atoms with E-state index < -0.39 is 23.5 Å². The second-order valence-electron chi connectivity index (χ2n) is 5.23. The van der Waals surface area contributed by atoms with Gasteiger partial charge in [0.15, 0.2) is 0 Å². The van der Waals surface area contributed by atoms with Crippen LogP contribution in [0.1, 0.15) is 6.92 Å². The van der Waals surface area contributed by atoms with E-state index in [0.717, 1.165) is 0 Å². The zero-order valence-electron chi connectivity index (χ0n) is 12.7. The number of rotatable bonds is 4. The van der Waals surface area contributed by atoms with Gasteiger partial charge in [0.1, 0.15) is 5.82 Å². The minimum absolute atomic E-state index is 0.0206. The van der Waals surface area contributed by atoms with E-state index in [2.05, 4.69) is 0 Å². The third kappa shape index (κ3) is 4.65. The van der Waals surface area contributed by atoms with Gasteiger partial charge in [0.05, 0.1) is 10.7 Å². The summed E-state index contributed by atoms with van der Waals surface area (Å²) < 4.78 is 51.1. The van der Waals surface area contributed by atoms with E-state index in [1.54, 1.807) is 6.07 Å². The maximum absolute atomic E-state index is 13.2. The lowest BCUT2D eigenvalue weighted by Gasteiger charge is -2.25. The van der Waals surface area contributed by atoms with Gasteiger partial charge in [0.25, 0.3) is 5.91 Å². The molecule has 0 radical (unpaired) electrons. The largest absolute Gasteiger partial charge is 0.426 e. The van der Waals surface area contributed by atoms with E-state index in [9.17, 15) is 27.5 Å². The van der Waals surface area contributed by atoms with Crippen LogP contribution in [0.5, 0.6) is 0 Å². The molecule has 0 spiro atoms. The van der Waals surface area contributed by atoms with Crippen LogP contribution in [0, 0.1) is 5.82 Å². The zero-order chi connectivity index (χ0) is 18.8. The Morgan fingerprint density at radius 3 is 2.36 bits per heavy atom. The maximum Gasteiger partial charge on any atom is 0.426 e. The smallest absolute Gasteiger partial charge is 0.373 e. The number of anilines is 1. The minimum Gasteiger partial charge on any atom is -0.373 e. The monoisotopic (exact) mass is 393 g/mol. The molecule has 0 fully saturated rings. The first-order valence-electron chi connectivity index (χ1n) is 6.84. The fourth-order valence-electron chi connectivity index (χ4n) is 1.70. The summed E-state index contributed by atoms with van der Waals surface area (Å²) in [4.78, 5) is 12.9. The fourth-order valence-corrected chi connectivity index (χ4v) is 2.90. The zero-order valence-corrected chi connectivity index (χ0v) is 14.3. The van der Waals surface area contributed by atoms with Crippen molar-refractivity contribution in [1.29, 1.82) is 0 Å². The molecule has 0 aliphatic carbocycles. The highest BCUT2D eigenvalue weighted by Crippen LogP contribution is 2.35. The van der Waals surface area contributed by atoms with E-state index in [0.29, 0.717) is 16.7 Å². The summed E-state index contributed by atoms with van der Waals surface area (Å²) in [5.41, 5.74) is -3.63. The summed E-state index contributed by atoms with van der Waals surface area (Å²) in [6, 6.07) is 10.0. The molecule has 0 unspecified atom stereocenters. The van der Waals surface area contributed by atoms with Crippen molar-refractivity contribution in [3.63, 3.8) is 0 Å². The quantitative estimate of drug-likeness (QED) is 0.728. The van der Waals surface area contributed by atoms with Gasteiger partial charge >= 0.3 is 6.18 Å². The van der Waals surface area contributed by atoms with Crippen molar-refractivity contribution in [2.45, 2.75) is 28.5 Å². The van der Waals surface area contributed by atoms with Crippen molar-refractivity contribution in [3.8, 4) is 0 Å². The number of hydrogen-bond donors (Lipinski definition) is 2. The molecule has 3 nitrogen and oxygen atoms in total. The first kappa shape index (κ1) is 19.6. The maximum atomic E-state index is 13.2. The third-order valence-electron chi connectivity index (χ3n) is 3.21. The number of benzene rings is 2. The Hall–Kier alpha value is -1.77. The van der Waals surface area contributed by atoms with Gasteiger partial charge in [0.2, 0.25) is 5.60 Å². The van der Waals surface area contributed by atoms with Gasteiger partial charge in [0, 0.05) is 9.79 Å². The average molecular weight is 394 g/mol. The number of halogens is 5. The van der Waals surface area contributed by atoms with Crippen molar-refractivity contribution in [2.75, 3.05) is 5.32 Å². The summed E-state index contributed by atoms with van der Waals surface area (Å²) in [5, 5.41) is 11.3. The van der Waals surface area contributed by atoms with Crippen LogP contribution in [0.3, 0.4) is 0 Å². The van der Waals surface area contributed by atoms with E-state index in [1.165, 1.54) is 48.2 Å². The van der Waals surface area contributed by atoms with Crippen molar-refractivity contribution in [2.24, 2.45) is 0 Å². The SMILES string of the molecule is C[C@@](O)(C(=O)Nc1ccc(Sc2cccc(F)c2)cc1Cl)C(F)(F)F. The highest BCUT2D eigenvalue weighted by molar-refractivity contribution is 7.99. The Kier molecular flexibility index (Phi) is 5.65. The van der Waals surface area contributed by atoms with Gasteiger partial charge in [-0.25, -0.2) is 4.39 Å². The van der Waals surface area contributed by atoms with Crippen molar-refractivity contribution in [3.05, 3.63) is 53.3 Å². The molecule has 1 amide bonds. The molecule has 0 saturated heterocycles. The lowest BCUT2D eigenvalue weighted by atomic mass is 10.1. The molecule has 2 rings (SSSR count). The number of carbonyl (C=O) groups excluding carboxylic acids is 1. The summed E-state index contributed by atoms with van der Waals surface area (Å²) in [5.74, 6) is -2.05. The van der Waals surface area contributed by atoms with E-state index in [1.807, 2.05) is 5.32 Å². The van der Waals surface area contributed by atoms with Crippen LogP contribution in [0.2, 0.25) is 5.02 Å². The van der Waals surface area contributed by atoms with E-state index >= 15 is 0 Å². The topological polar surface area (TPSA) is 49.3 Å². The Morgan fingerprint density at radius 2 is 1.80 bits per heavy atom. The van der Waals surface area contributed by atoms with Crippen LogP contribution in [0.25, 0.3) is 0 Å². The number of nitrogens with one attached hydrogen (secondary N) is 1. The van der Waals surface area contributed by atoms with E-state index in [4.69, 9.17) is 11.6 Å². The van der Waals surface area contributed by atoms with Crippen molar-refractivity contribution >= 4 is 35.0 Å². The minimum atomic E-state index is -5.13. The molecule has 0 saturated carbocycles. The molecule has 1 atom stereocenters. The molecule has 0 aliphatic rings. The second kappa shape index (κ2) is 7.23. The average Bonchev–Trinajstić information content (AvgIpc) is 2.48. The molecule has 0 aliphatic heterocycles. The summed E-state index contributed by atoms with van der Waals surface area (Å²) in [6.07, 6.45) is -5.13. The Balaban J connectivity index is 2.16. The van der Waals surface area contributed by atoms with Gasteiger partial charge < -0.3 is 10.4 Å². The molecular formula is C16H12ClF4NO2S. The summed E-state index contributed by atoms with van der Waals surface area (Å²) in [6.45, 7) is 0.352. The van der Waals surface area contributed by atoms with Crippen LogP contribution in [-0.4, -0.2) is 22.8 Å². The Morgan fingerprint density at radius 1 is 1.16 bits per heavy atom. The first-order valence-corrected chi connectivity index (χ1v) is 8.03. The molecule has 134 valence electrons. The van der Waals surface area contributed by atoms with Gasteiger partial charge in [-0.05, 0) is 43.3 Å². The molecule has 9 heteroatoms. The molecular weight excluding hydrogens is 382 g/mol. The molecule has 0 bridgehead atoms. The summed E-state index contributed by atoms with van der Waals surface area (Å²) in [7, 11) is 0. The Bertz CT molecular complexity index is 796. The number of carbonyl (C=O) groups is 1. The van der Waals surface area contributed by atoms with E-state index in [-0.39, 0.29) is 10.7 Å². The molecule has 0 heterocycles. The van der Waals surface area contributed by atoms with Gasteiger partial charge in [-0.2, -0.15) is 13.2 Å². The van der Waals surface area contributed by atoms with Crippen molar-refractivity contribution < 1.29 is 27.5 Å². The Labute approximate surface area is 150 Å². The van der Waals surface area contributed by atoms with Crippen LogP contribution in [-0.2, 0) is 4.79 Å². The van der Waals surface area contributed by atoms with Crippen LogP contribution in [0.4, 0.5) is 23.2 Å². The van der Waals surface area contributed by atoms with Gasteiger partial charge in [-0.15, -0.1) is 0 Å². The lowest BCUT2D eigenvalue weighted by molar-refractivity contribution is -0.242. The number of amides is 1. The second-order valence-corrected chi connectivity index (χ2v) is 6.78. The number of alkyl halides is 3. The molecule has 2 aromatic rings. The highest BCUT2D eigenvalue weighted by Gasteiger charge is 2.55. The first-order chi connectivity index (χ1) is 11.5. The van der Waals surface area contributed by atoms with Crippen LogP contribution in [0.15, 0.2) is 52.3 Å². The standard InChI is InChI=1S/C16H12ClF4NO2S/c1-15(24,16(19,20)21)14(23)22-13-6-5-11(8-12(13)17)25-10-4-2-3-9(18)7-10/h2-8,24H,1H3,(H,22,23)/t15-/m1/s1. The highest BCUT2D eigenvalue weighted by atomic mass is 35.5. The molecule has 2 N–H and O–H groups in total. The molecule has 25 heavy (non-hydrogen) atoms. The summed E-state index contributed by atoms with van der Waals surface area (Å²) >= 11 is 7.16. The van der Waals surface area contributed by atoms with Crippen LogP contribution >= 0.6 is 23.4 Å². The predicted octanol–water partition coefficient (Wildman–Crippen LogP) is 4.88. The van der Waals surface area contributed by atoms with Gasteiger partial charge in [-0.3, -0.25) is 4.79 Å². The van der Waals surface area contributed by atoms with Gasteiger partial charge in [-0.1, -0.05) is 29.4 Å². The lowest BCUT2D eigenvalue weighted by Crippen LogP contribution is -2.52. The molecule has 2 aromatic carbocycles. The van der Waals surface area contributed by atoms with Crippen molar-refractivity contribution in [1.82, 2.24) is 0 Å². The third-order valence-corrected chi connectivity index (χ3v) is 4.51. The number of aliphatic hydroxyl groups is 1. The fraction of sp³-hybridized carbons (Fsp3) is 0.188. The van der Waals surface area contributed by atoms with Crippen LogP contribution < -0.4 is 5.32 Å². The predicted molar refractivity (Wildman–Crippen MR) is 87.3 cm³/mol. The molecule has 0 aromatic heterocycles.